The van der Waals surface area contributed by atoms with Gasteiger partial charge in [-0.2, -0.15) is 0 Å². The van der Waals surface area contributed by atoms with Crippen LogP contribution in [0.5, 0.6) is 0 Å². The van der Waals surface area contributed by atoms with Gasteiger partial charge in [-0.15, -0.1) is 0 Å². The third kappa shape index (κ3) is 4.44. The van der Waals surface area contributed by atoms with Gasteiger partial charge in [-0.1, -0.05) is 20.3 Å². The number of hydrogen-bond acceptors (Lipinski definition) is 3. The molecule has 2 heterocycles. The first kappa shape index (κ1) is 15.3. The fraction of sp³-hybridized carbons (Fsp3) is 1.00. The van der Waals surface area contributed by atoms with Crippen LogP contribution in [0.2, 0.25) is 0 Å². The number of fused-ring (bicyclic) bond motifs is 1. The third-order valence-electron chi connectivity index (χ3n) is 4.71. The largest absolute Gasteiger partial charge is 0.381 e. The fourth-order valence-corrected chi connectivity index (χ4v) is 3.59. The van der Waals surface area contributed by atoms with Crippen molar-refractivity contribution in [2.24, 2.45) is 0 Å². The molecule has 0 aromatic rings. The molecule has 0 radical (unpaired) electrons. The molecule has 3 heteroatoms. The van der Waals surface area contributed by atoms with Crippen LogP contribution in [0.3, 0.4) is 0 Å². The predicted molar refractivity (Wildman–Crippen MR) is 80.6 cm³/mol. The molecule has 3 nitrogen and oxygen atoms in total. The Labute approximate surface area is 119 Å². The first-order chi connectivity index (χ1) is 9.35. The van der Waals surface area contributed by atoms with Gasteiger partial charge in [0.05, 0.1) is 0 Å². The highest BCUT2D eigenvalue weighted by atomic mass is 16.5. The zero-order valence-electron chi connectivity index (χ0n) is 12.9. The van der Waals surface area contributed by atoms with E-state index in [1.807, 2.05) is 0 Å². The quantitative estimate of drug-likeness (QED) is 0.660. The number of piperidine rings is 1. The minimum atomic E-state index is 0.778. The topological polar surface area (TPSA) is 15.7 Å². The predicted octanol–water partition coefficient (Wildman–Crippen LogP) is 2.75. The number of nitrogens with zero attached hydrogens (tertiary/aromatic N) is 2. The van der Waals surface area contributed by atoms with Gasteiger partial charge in [0.1, 0.15) is 0 Å². The summed E-state index contributed by atoms with van der Waals surface area (Å²) in [5, 5.41) is 0. The van der Waals surface area contributed by atoms with E-state index in [0.29, 0.717) is 0 Å². The van der Waals surface area contributed by atoms with Crippen LogP contribution in [0, 0.1) is 0 Å². The standard InChI is InChI=1S/C16H32N2O/c1-3-11-19-12-7-10-17-14-16-8-5-6-9-18(16)13-15(17)4-2/h15-16H,3-14H2,1-2H3. The lowest BCUT2D eigenvalue weighted by Gasteiger charge is -2.48. The number of hydrogen-bond donors (Lipinski definition) is 0. The van der Waals surface area contributed by atoms with Crippen molar-refractivity contribution in [3.05, 3.63) is 0 Å². The normalized spacial score (nSPS) is 29.4. The van der Waals surface area contributed by atoms with Gasteiger partial charge >= 0.3 is 0 Å². The van der Waals surface area contributed by atoms with E-state index < -0.39 is 0 Å². The van der Waals surface area contributed by atoms with Crippen molar-refractivity contribution in [1.82, 2.24) is 9.80 Å². The van der Waals surface area contributed by atoms with Crippen molar-refractivity contribution in [2.75, 3.05) is 39.4 Å². The van der Waals surface area contributed by atoms with Gasteiger partial charge in [-0.25, -0.2) is 0 Å². The number of ether oxygens (including phenoxy) is 1. The van der Waals surface area contributed by atoms with Gasteiger partial charge in [0, 0.05) is 44.9 Å². The molecule has 2 aliphatic rings. The summed E-state index contributed by atoms with van der Waals surface area (Å²) in [6.45, 7) is 11.6. The molecule has 2 rings (SSSR count). The van der Waals surface area contributed by atoms with Crippen LogP contribution in [0.4, 0.5) is 0 Å². The molecule has 0 aromatic heterocycles. The Morgan fingerprint density at radius 3 is 2.79 bits per heavy atom. The molecular weight excluding hydrogens is 236 g/mol. The van der Waals surface area contributed by atoms with Crippen LogP contribution >= 0.6 is 0 Å². The molecule has 2 saturated heterocycles. The van der Waals surface area contributed by atoms with Crippen molar-refractivity contribution in [2.45, 2.75) is 64.5 Å². The summed E-state index contributed by atoms with van der Waals surface area (Å²) in [5.41, 5.74) is 0. The Bertz CT molecular complexity index is 247. The van der Waals surface area contributed by atoms with Gasteiger partial charge in [0.25, 0.3) is 0 Å². The van der Waals surface area contributed by atoms with E-state index in [-0.39, 0.29) is 0 Å². The summed E-state index contributed by atoms with van der Waals surface area (Å²) in [4.78, 5) is 5.49. The van der Waals surface area contributed by atoms with Crippen LogP contribution in [-0.4, -0.2) is 61.3 Å². The van der Waals surface area contributed by atoms with Crippen LogP contribution in [0.25, 0.3) is 0 Å². The van der Waals surface area contributed by atoms with Gasteiger partial charge in [-0.05, 0) is 38.6 Å². The maximum atomic E-state index is 5.61. The van der Waals surface area contributed by atoms with E-state index in [9.17, 15) is 0 Å². The molecule has 2 unspecified atom stereocenters. The average Bonchev–Trinajstić information content (AvgIpc) is 2.46. The Morgan fingerprint density at radius 2 is 2.00 bits per heavy atom. The number of rotatable bonds is 7. The molecule has 0 bridgehead atoms. The van der Waals surface area contributed by atoms with Crippen molar-refractivity contribution in [3.8, 4) is 0 Å². The van der Waals surface area contributed by atoms with E-state index in [1.165, 1.54) is 58.3 Å². The lowest BCUT2D eigenvalue weighted by atomic mass is 9.95. The smallest absolute Gasteiger partial charge is 0.0478 e. The molecule has 2 fully saturated rings. The first-order valence-electron chi connectivity index (χ1n) is 8.41. The highest BCUT2D eigenvalue weighted by Gasteiger charge is 2.33. The van der Waals surface area contributed by atoms with Crippen molar-refractivity contribution < 1.29 is 4.74 Å². The molecule has 0 N–H and O–H groups in total. The van der Waals surface area contributed by atoms with Gasteiger partial charge in [0.15, 0.2) is 0 Å². The molecule has 0 saturated carbocycles. The minimum Gasteiger partial charge on any atom is -0.381 e. The van der Waals surface area contributed by atoms with E-state index in [2.05, 4.69) is 23.6 Å². The van der Waals surface area contributed by atoms with E-state index >= 15 is 0 Å². The van der Waals surface area contributed by atoms with Crippen molar-refractivity contribution >= 4 is 0 Å². The summed E-state index contributed by atoms with van der Waals surface area (Å²) in [6, 6.07) is 1.62. The maximum absolute atomic E-state index is 5.61. The maximum Gasteiger partial charge on any atom is 0.0478 e. The molecule has 0 aromatic carbocycles. The third-order valence-corrected chi connectivity index (χ3v) is 4.71. The van der Waals surface area contributed by atoms with E-state index in [0.717, 1.165) is 31.7 Å². The van der Waals surface area contributed by atoms with Crippen LogP contribution in [-0.2, 0) is 4.74 Å². The van der Waals surface area contributed by atoms with Crippen molar-refractivity contribution in [1.29, 1.82) is 0 Å². The van der Waals surface area contributed by atoms with Gasteiger partial charge < -0.3 is 4.74 Å². The second-order valence-electron chi connectivity index (χ2n) is 6.17. The van der Waals surface area contributed by atoms with Crippen LogP contribution in [0.15, 0.2) is 0 Å². The Hall–Kier alpha value is -0.120. The molecule has 2 aliphatic heterocycles. The second kappa shape index (κ2) is 8.23. The highest BCUT2D eigenvalue weighted by molar-refractivity contribution is 4.90. The summed E-state index contributed by atoms with van der Waals surface area (Å²) in [6.07, 6.45) is 7.89. The Kier molecular flexibility index (Phi) is 6.62. The SMILES string of the molecule is CCCOCCCN1CC2CCCCN2CC1CC. The van der Waals surface area contributed by atoms with E-state index in [1.54, 1.807) is 0 Å². The summed E-state index contributed by atoms with van der Waals surface area (Å²) >= 11 is 0. The van der Waals surface area contributed by atoms with Gasteiger partial charge in [0.2, 0.25) is 0 Å². The van der Waals surface area contributed by atoms with Crippen LogP contribution in [0.1, 0.15) is 52.4 Å². The lowest BCUT2D eigenvalue weighted by molar-refractivity contribution is 0.00282. The summed E-state index contributed by atoms with van der Waals surface area (Å²) in [5.74, 6) is 0. The Balaban J connectivity index is 1.74. The monoisotopic (exact) mass is 268 g/mol. The zero-order chi connectivity index (χ0) is 13.5. The average molecular weight is 268 g/mol. The molecule has 0 aliphatic carbocycles. The molecule has 112 valence electrons. The molecular formula is C16H32N2O. The van der Waals surface area contributed by atoms with Crippen molar-refractivity contribution in [3.63, 3.8) is 0 Å². The molecule has 0 amide bonds. The first-order valence-corrected chi connectivity index (χ1v) is 8.41. The lowest BCUT2D eigenvalue weighted by Crippen LogP contribution is -2.59. The fourth-order valence-electron chi connectivity index (χ4n) is 3.59. The minimum absolute atomic E-state index is 0.778. The molecule has 19 heavy (non-hydrogen) atoms. The number of piperazine rings is 1. The van der Waals surface area contributed by atoms with Crippen LogP contribution < -0.4 is 0 Å². The highest BCUT2D eigenvalue weighted by Crippen LogP contribution is 2.25. The second-order valence-corrected chi connectivity index (χ2v) is 6.17. The molecule has 0 spiro atoms. The summed E-state index contributed by atoms with van der Waals surface area (Å²) < 4.78 is 5.61. The van der Waals surface area contributed by atoms with Gasteiger partial charge in [-0.3, -0.25) is 9.80 Å². The summed E-state index contributed by atoms with van der Waals surface area (Å²) in [7, 11) is 0. The molecule has 2 atom stereocenters. The zero-order valence-corrected chi connectivity index (χ0v) is 12.9. The van der Waals surface area contributed by atoms with E-state index in [4.69, 9.17) is 4.74 Å². The Morgan fingerprint density at radius 1 is 1.11 bits per heavy atom.